The summed E-state index contributed by atoms with van der Waals surface area (Å²) in [7, 11) is 11.0. The molecule has 2 aliphatic carbocycles. The molecule has 0 N–H and O–H groups in total. The van der Waals surface area contributed by atoms with Crippen LogP contribution in [0.25, 0.3) is 12.2 Å². The fraction of sp³-hybridized carbons (Fsp3) is 0.233. The minimum absolute atomic E-state index is 0.371. The number of aryl methyl sites for hydroxylation is 1. The van der Waals surface area contributed by atoms with Crippen molar-refractivity contribution in [3.05, 3.63) is 125 Å². The normalized spacial score (nSPS) is 15.9. The van der Waals surface area contributed by atoms with E-state index >= 15 is 0 Å². The molecule has 174 valence electrons. The molecular weight excluding hydrogens is 551 g/mol. The van der Waals surface area contributed by atoms with Gasteiger partial charge in [-0.25, -0.2) is 0 Å². The van der Waals surface area contributed by atoms with Gasteiger partial charge in [0.05, 0.1) is 0 Å². The summed E-state index contributed by atoms with van der Waals surface area (Å²) >= 11 is -0.826. The first kappa shape index (κ1) is 29.1. The fourth-order valence-corrected chi connectivity index (χ4v) is 4.01. The van der Waals surface area contributed by atoms with Gasteiger partial charge in [-0.1, -0.05) is 105 Å². The quantitative estimate of drug-likeness (QED) is 0.213. The second-order valence-electron chi connectivity index (χ2n) is 8.03. The Morgan fingerprint density at radius 3 is 2.09 bits per heavy atom. The van der Waals surface area contributed by atoms with E-state index in [0.717, 1.165) is 15.9 Å². The van der Waals surface area contributed by atoms with Crippen molar-refractivity contribution in [3.8, 4) is 0 Å². The van der Waals surface area contributed by atoms with Gasteiger partial charge in [0.2, 0.25) is 0 Å². The third kappa shape index (κ3) is 8.80. The Hall–Kier alpha value is -1.18. The molecule has 3 aromatic rings. The van der Waals surface area contributed by atoms with Gasteiger partial charge in [0.25, 0.3) is 0 Å². The van der Waals surface area contributed by atoms with Gasteiger partial charge in [-0.2, -0.15) is 29.8 Å². The number of hydrogen-bond donors (Lipinski definition) is 0. The molecule has 0 saturated carbocycles. The molecule has 0 saturated heterocycles. The molecule has 0 aromatic heterocycles. The van der Waals surface area contributed by atoms with Gasteiger partial charge in [-0.15, -0.1) is 17.6 Å². The van der Waals surface area contributed by atoms with Crippen LogP contribution in [-0.2, 0) is 27.3 Å². The minimum atomic E-state index is -0.826. The summed E-state index contributed by atoms with van der Waals surface area (Å²) in [5.41, 5.74) is 8.16. The van der Waals surface area contributed by atoms with Gasteiger partial charge in [-0.3, -0.25) is 0 Å². The van der Waals surface area contributed by atoms with Crippen LogP contribution >= 0.6 is 17.0 Å². The number of hydrogen-bond acceptors (Lipinski definition) is 0. The molecule has 2 atom stereocenters. The van der Waals surface area contributed by atoms with Crippen LogP contribution < -0.4 is 0 Å². The second-order valence-corrected chi connectivity index (χ2v) is 12.8. The number of rotatable bonds is 3. The van der Waals surface area contributed by atoms with Crippen LogP contribution in [0.3, 0.4) is 0 Å². The van der Waals surface area contributed by atoms with Crippen LogP contribution in [0.2, 0.25) is 13.1 Å². The fourth-order valence-electron chi connectivity index (χ4n) is 4.01. The van der Waals surface area contributed by atoms with Crippen LogP contribution in [0.5, 0.6) is 0 Å². The van der Waals surface area contributed by atoms with Crippen molar-refractivity contribution in [2.24, 2.45) is 0 Å². The summed E-state index contributed by atoms with van der Waals surface area (Å²) in [6, 6.07) is 26.9. The van der Waals surface area contributed by atoms with Crippen LogP contribution in [0.4, 0.5) is 0 Å². The average Bonchev–Trinajstić information content (AvgIpc) is 3.45. The molecule has 5 rings (SSSR count). The summed E-state index contributed by atoms with van der Waals surface area (Å²) in [5, 5.41) is 0. The molecule has 0 bridgehead atoms. The zero-order valence-corrected chi connectivity index (χ0v) is 25.2. The van der Waals surface area contributed by atoms with Crippen LogP contribution in [0.15, 0.2) is 78.9 Å². The number of halogens is 2. The maximum atomic E-state index is 4.93. The van der Waals surface area contributed by atoms with Gasteiger partial charge >= 0.3 is 37.9 Å². The van der Waals surface area contributed by atoms with E-state index in [-0.39, 0.29) is 0 Å². The maximum absolute atomic E-state index is 4.93. The van der Waals surface area contributed by atoms with Crippen LogP contribution in [-0.4, -0.2) is 9.52 Å². The van der Waals surface area contributed by atoms with E-state index in [1.807, 2.05) is 0 Å². The van der Waals surface area contributed by atoms with Gasteiger partial charge in [0.15, 0.2) is 0 Å². The van der Waals surface area contributed by atoms with E-state index in [1.165, 1.54) is 39.8 Å². The van der Waals surface area contributed by atoms with Crippen molar-refractivity contribution in [1.29, 1.82) is 0 Å². The summed E-state index contributed by atoms with van der Waals surface area (Å²) in [6.07, 6.45) is 11.1. The van der Waals surface area contributed by atoms with E-state index in [4.69, 9.17) is 17.0 Å². The van der Waals surface area contributed by atoms with Crippen molar-refractivity contribution >= 4 is 38.7 Å². The Balaban J connectivity index is 0.000000214. The average molecular weight is 583 g/mol. The molecule has 2 radical (unpaired) electrons. The summed E-state index contributed by atoms with van der Waals surface area (Å²) in [6.45, 7) is 10.5. The first-order chi connectivity index (χ1) is 16.6. The molecular formula is C30H32Cl2SiZr. The molecule has 0 nitrogen and oxygen atoms in total. The van der Waals surface area contributed by atoms with Crippen LogP contribution in [0.1, 0.15) is 58.6 Å². The predicted molar refractivity (Wildman–Crippen MR) is 149 cm³/mol. The molecule has 0 amide bonds. The Kier molecular flexibility index (Phi) is 14.1. The van der Waals surface area contributed by atoms with Gasteiger partial charge in [0.1, 0.15) is 0 Å². The third-order valence-electron chi connectivity index (χ3n) is 5.47. The molecule has 4 heteroatoms. The number of fused-ring (bicyclic) bond motifs is 2. The molecule has 3 aromatic carbocycles. The van der Waals surface area contributed by atoms with E-state index in [9.17, 15) is 0 Å². The van der Waals surface area contributed by atoms with Crippen molar-refractivity contribution in [2.75, 3.05) is 0 Å². The third-order valence-corrected chi connectivity index (χ3v) is 5.47. The molecule has 0 heterocycles. The molecule has 34 heavy (non-hydrogen) atoms. The van der Waals surface area contributed by atoms with E-state index in [1.54, 1.807) is 0 Å². The zero-order valence-electron chi connectivity index (χ0n) is 20.2. The predicted octanol–water partition coefficient (Wildman–Crippen LogP) is 9.39. The first-order valence-corrected chi connectivity index (χ1v) is 19.8. The molecule has 0 aliphatic heterocycles. The summed E-state index contributed by atoms with van der Waals surface area (Å²) in [4.78, 5) is 0. The Bertz CT molecular complexity index is 1060. The topological polar surface area (TPSA) is 0 Å². The molecule has 0 spiro atoms. The summed E-state index contributed by atoms with van der Waals surface area (Å²) < 4.78 is 0. The monoisotopic (exact) mass is 580 g/mol. The Labute approximate surface area is 228 Å². The summed E-state index contributed by atoms with van der Waals surface area (Å²) in [5.74, 6) is 0.794. The Morgan fingerprint density at radius 1 is 0.912 bits per heavy atom. The molecule has 2 unspecified atom stereocenters. The van der Waals surface area contributed by atoms with Crippen molar-refractivity contribution in [3.63, 3.8) is 0 Å². The van der Waals surface area contributed by atoms with Crippen LogP contribution in [0, 0.1) is 13.0 Å². The van der Waals surface area contributed by atoms with Gasteiger partial charge < -0.3 is 6.92 Å². The number of allylic oxidation sites excluding steroid dienone is 2. The standard InChI is InChI=1S/C18H17.C10H9.C2H6Si.2ClH.Zr/c1-2-6-14-7-5-9-16(13-14)18-12-11-15-8-3-4-10-17(15)18;1-8-6-7-9-4-2-3-5-10(8)9;1-3-2;;;/h3-5,8-13,18H,2,6H2,1H3;2-8H,1H2;1-2H3;2*1H;/q2*-1;;;;+4/p-2. The SMILES string of the molecule is CCCc1[c-]ccc(C2C=Cc3ccccc32)c1.C[Si]C.[CH2-]C1C=Cc2ccccc21.[Cl][Zr+2][Cl]. The van der Waals surface area contributed by atoms with Gasteiger partial charge in [0, 0.05) is 15.4 Å². The Morgan fingerprint density at radius 2 is 1.47 bits per heavy atom. The van der Waals surface area contributed by atoms with Gasteiger partial charge in [-0.05, 0) is 16.7 Å². The zero-order chi connectivity index (χ0) is 24.8. The van der Waals surface area contributed by atoms with Crippen molar-refractivity contribution < 1.29 is 20.8 Å². The first-order valence-electron chi connectivity index (χ1n) is 11.5. The van der Waals surface area contributed by atoms with E-state index in [0.29, 0.717) is 11.8 Å². The van der Waals surface area contributed by atoms with Crippen molar-refractivity contribution in [2.45, 2.75) is 44.7 Å². The second kappa shape index (κ2) is 16.5. The number of benzene rings is 3. The molecule has 0 fully saturated rings. The van der Waals surface area contributed by atoms with E-state index in [2.05, 4.69) is 124 Å². The molecule has 2 aliphatic rings. The van der Waals surface area contributed by atoms with Crippen molar-refractivity contribution in [1.82, 2.24) is 0 Å². The van der Waals surface area contributed by atoms with E-state index < -0.39 is 20.8 Å².